The van der Waals surface area contributed by atoms with Crippen LogP contribution in [-0.4, -0.2) is 41.0 Å². The number of hydrogen-bond donors (Lipinski definition) is 2. The number of benzene rings is 1. The van der Waals surface area contributed by atoms with Crippen molar-refractivity contribution < 1.29 is 14.7 Å². The van der Waals surface area contributed by atoms with Crippen LogP contribution in [0, 0.1) is 5.92 Å². The second kappa shape index (κ2) is 7.94. The summed E-state index contributed by atoms with van der Waals surface area (Å²) in [5.41, 5.74) is 1.07. The third kappa shape index (κ3) is 4.56. The minimum Gasteiger partial charge on any atom is -0.391 e. The predicted molar refractivity (Wildman–Crippen MR) is 83.9 cm³/mol. The molecule has 0 radical (unpaired) electrons. The van der Waals surface area contributed by atoms with Gasteiger partial charge in [-0.15, -0.1) is 0 Å². The van der Waals surface area contributed by atoms with E-state index in [0.29, 0.717) is 19.5 Å². The summed E-state index contributed by atoms with van der Waals surface area (Å²) >= 11 is 0. The second-order valence-electron chi connectivity index (χ2n) is 5.85. The number of rotatable bonds is 7. The Bertz CT molecular complexity index is 504. The monoisotopic (exact) mass is 304 g/mol. The van der Waals surface area contributed by atoms with Crippen molar-refractivity contribution in [2.75, 3.05) is 13.1 Å². The molecule has 2 N–H and O–H groups in total. The fourth-order valence-corrected chi connectivity index (χ4v) is 2.70. The van der Waals surface area contributed by atoms with Gasteiger partial charge >= 0.3 is 0 Å². The van der Waals surface area contributed by atoms with Crippen LogP contribution in [0.5, 0.6) is 0 Å². The van der Waals surface area contributed by atoms with Gasteiger partial charge in [0.05, 0.1) is 12.0 Å². The molecule has 0 aliphatic carbocycles. The molecule has 1 fully saturated rings. The molecular weight excluding hydrogens is 280 g/mol. The van der Waals surface area contributed by atoms with Gasteiger partial charge in [-0.25, -0.2) is 0 Å². The number of carbonyl (C=O) groups is 2. The number of amides is 2. The molecular formula is C17H24N2O3. The first kappa shape index (κ1) is 16.5. The van der Waals surface area contributed by atoms with E-state index < -0.39 is 6.10 Å². The Balaban J connectivity index is 1.82. The number of hydrogen-bond acceptors (Lipinski definition) is 3. The first-order valence-electron chi connectivity index (χ1n) is 7.87. The molecule has 1 saturated heterocycles. The van der Waals surface area contributed by atoms with Gasteiger partial charge in [0.2, 0.25) is 11.8 Å². The van der Waals surface area contributed by atoms with Gasteiger partial charge in [-0.1, -0.05) is 43.7 Å². The molecule has 5 heteroatoms. The molecule has 0 spiro atoms. The Labute approximate surface area is 131 Å². The molecule has 1 aliphatic heterocycles. The van der Waals surface area contributed by atoms with Crippen molar-refractivity contribution in [1.82, 2.24) is 10.2 Å². The number of carbonyl (C=O) groups excluding carboxylic acids is 2. The van der Waals surface area contributed by atoms with E-state index in [1.165, 1.54) is 0 Å². The Morgan fingerprint density at radius 2 is 2.14 bits per heavy atom. The topological polar surface area (TPSA) is 69.6 Å². The largest absolute Gasteiger partial charge is 0.391 e. The van der Waals surface area contributed by atoms with E-state index in [9.17, 15) is 14.7 Å². The Hall–Kier alpha value is -1.88. The van der Waals surface area contributed by atoms with Crippen molar-refractivity contribution in [2.45, 2.75) is 38.8 Å². The number of aliphatic hydroxyl groups is 1. The highest BCUT2D eigenvalue weighted by Gasteiger charge is 2.34. The van der Waals surface area contributed by atoms with Crippen LogP contribution in [0.25, 0.3) is 0 Å². The maximum atomic E-state index is 12.1. The highest BCUT2D eigenvalue weighted by molar-refractivity contribution is 5.89. The molecule has 120 valence electrons. The molecule has 2 unspecified atom stereocenters. The lowest BCUT2D eigenvalue weighted by Gasteiger charge is -2.17. The SMILES string of the molecule is CCCC(O)CNC(=O)C1CC(=O)N(Cc2ccccc2)C1. The maximum Gasteiger partial charge on any atom is 0.225 e. The quantitative estimate of drug-likeness (QED) is 0.798. The van der Waals surface area contributed by atoms with Gasteiger partial charge in [-0.05, 0) is 12.0 Å². The van der Waals surface area contributed by atoms with E-state index in [1.807, 2.05) is 37.3 Å². The van der Waals surface area contributed by atoms with Crippen molar-refractivity contribution >= 4 is 11.8 Å². The van der Waals surface area contributed by atoms with Gasteiger partial charge < -0.3 is 15.3 Å². The van der Waals surface area contributed by atoms with Crippen molar-refractivity contribution in [1.29, 1.82) is 0 Å². The molecule has 2 atom stereocenters. The summed E-state index contributed by atoms with van der Waals surface area (Å²) in [6.07, 6.45) is 1.29. The van der Waals surface area contributed by atoms with E-state index in [2.05, 4.69) is 5.32 Å². The smallest absolute Gasteiger partial charge is 0.225 e. The van der Waals surface area contributed by atoms with Crippen LogP contribution in [0.2, 0.25) is 0 Å². The van der Waals surface area contributed by atoms with Crippen LogP contribution in [-0.2, 0) is 16.1 Å². The van der Waals surface area contributed by atoms with Gasteiger partial charge in [0.25, 0.3) is 0 Å². The van der Waals surface area contributed by atoms with E-state index >= 15 is 0 Å². The molecule has 2 rings (SSSR count). The predicted octanol–water partition coefficient (Wildman–Crippen LogP) is 1.31. The minimum atomic E-state index is -0.508. The van der Waals surface area contributed by atoms with Gasteiger partial charge in [0, 0.05) is 26.1 Å². The number of aliphatic hydroxyl groups excluding tert-OH is 1. The average Bonchev–Trinajstić information content (AvgIpc) is 2.87. The first-order chi connectivity index (χ1) is 10.6. The standard InChI is InChI=1S/C17H24N2O3/c1-2-6-15(20)10-18-17(22)14-9-16(21)19(12-14)11-13-7-4-3-5-8-13/h3-5,7-8,14-15,20H,2,6,9-12H2,1H3,(H,18,22). The summed E-state index contributed by atoms with van der Waals surface area (Å²) in [6, 6.07) is 9.76. The van der Waals surface area contributed by atoms with Crippen LogP contribution in [0.3, 0.4) is 0 Å². The summed E-state index contributed by atoms with van der Waals surface area (Å²) in [5.74, 6) is -0.442. The first-order valence-corrected chi connectivity index (χ1v) is 7.87. The zero-order valence-electron chi connectivity index (χ0n) is 13.0. The molecule has 1 aromatic carbocycles. The normalized spacial score (nSPS) is 19.3. The van der Waals surface area contributed by atoms with Gasteiger partial charge in [0.1, 0.15) is 0 Å². The summed E-state index contributed by atoms with van der Waals surface area (Å²) in [7, 11) is 0. The van der Waals surface area contributed by atoms with Crippen LogP contribution >= 0.6 is 0 Å². The lowest BCUT2D eigenvalue weighted by molar-refractivity contribution is -0.129. The van der Waals surface area contributed by atoms with Crippen LogP contribution < -0.4 is 5.32 Å². The Morgan fingerprint density at radius 3 is 2.82 bits per heavy atom. The van der Waals surface area contributed by atoms with Crippen LogP contribution in [0.1, 0.15) is 31.7 Å². The van der Waals surface area contributed by atoms with Gasteiger partial charge in [-0.3, -0.25) is 9.59 Å². The fraction of sp³-hybridized carbons (Fsp3) is 0.529. The minimum absolute atomic E-state index is 0.0121. The number of nitrogens with zero attached hydrogens (tertiary/aromatic N) is 1. The molecule has 0 aromatic heterocycles. The molecule has 5 nitrogen and oxygen atoms in total. The summed E-state index contributed by atoms with van der Waals surface area (Å²) in [4.78, 5) is 25.9. The second-order valence-corrected chi connectivity index (χ2v) is 5.85. The van der Waals surface area contributed by atoms with Crippen LogP contribution in [0.15, 0.2) is 30.3 Å². The van der Waals surface area contributed by atoms with Crippen molar-refractivity contribution in [3.8, 4) is 0 Å². The zero-order chi connectivity index (χ0) is 15.9. The zero-order valence-corrected chi connectivity index (χ0v) is 13.0. The van der Waals surface area contributed by atoms with E-state index in [4.69, 9.17) is 0 Å². The van der Waals surface area contributed by atoms with Crippen molar-refractivity contribution in [3.05, 3.63) is 35.9 Å². The number of likely N-dealkylation sites (tertiary alicyclic amines) is 1. The van der Waals surface area contributed by atoms with Crippen molar-refractivity contribution in [2.24, 2.45) is 5.92 Å². The molecule has 1 heterocycles. The molecule has 0 saturated carbocycles. The molecule has 22 heavy (non-hydrogen) atoms. The van der Waals surface area contributed by atoms with E-state index in [-0.39, 0.29) is 30.7 Å². The summed E-state index contributed by atoms with van der Waals surface area (Å²) in [5, 5.41) is 12.4. The van der Waals surface area contributed by atoms with E-state index in [1.54, 1.807) is 4.90 Å². The molecule has 2 amide bonds. The average molecular weight is 304 g/mol. The lowest BCUT2D eigenvalue weighted by atomic mass is 10.1. The summed E-state index contributed by atoms with van der Waals surface area (Å²) < 4.78 is 0. The third-order valence-electron chi connectivity index (χ3n) is 3.94. The highest BCUT2D eigenvalue weighted by Crippen LogP contribution is 2.20. The maximum absolute atomic E-state index is 12.1. The highest BCUT2D eigenvalue weighted by atomic mass is 16.3. The van der Waals surface area contributed by atoms with Gasteiger partial charge in [-0.2, -0.15) is 0 Å². The molecule has 1 aromatic rings. The third-order valence-corrected chi connectivity index (χ3v) is 3.94. The fourth-order valence-electron chi connectivity index (χ4n) is 2.70. The van der Waals surface area contributed by atoms with Crippen molar-refractivity contribution in [3.63, 3.8) is 0 Å². The van der Waals surface area contributed by atoms with Gasteiger partial charge in [0.15, 0.2) is 0 Å². The lowest BCUT2D eigenvalue weighted by Crippen LogP contribution is -2.37. The van der Waals surface area contributed by atoms with Crippen LogP contribution in [0.4, 0.5) is 0 Å². The Kier molecular flexibility index (Phi) is 5.95. The number of nitrogens with one attached hydrogen (secondary N) is 1. The molecule has 1 aliphatic rings. The molecule has 0 bridgehead atoms. The van der Waals surface area contributed by atoms with E-state index in [0.717, 1.165) is 12.0 Å². The Morgan fingerprint density at radius 1 is 1.41 bits per heavy atom. The summed E-state index contributed by atoms with van der Waals surface area (Å²) in [6.45, 7) is 3.24.